The lowest BCUT2D eigenvalue weighted by molar-refractivity contribution is -0.151. The molecule has 412 valence electrons. The quantitative estimate of drug-likeness (QED) is 0.0321. The van der Waals surface area contributed by atoms with Gasteiger partial charge in [0, 0.05) is 6.42 Å². The summed E-state index contributed by atoms with van der Waals surface area (Å²) in [6.45, 7) is 6.50. The fourth-order valence-electron chi connectivity index (χ4n) is 9.69. The van der Waals surface area contributed by atoms with E-state index in [9.17, 15) is 19.8 Å². The number of rotatable bonds is 57. The van der Waals surface area contributed by atoms with Gasteiger partial charge in [0.05, 0.1) is 25.2 Å². The van der Waals surface area contributed by atoms with Crippen molar-refractivity contribution in [2.75, 3.05) is 6.61 Å². The van der Waals surface area contributed by atoms with Crippen LogP contribution in [0, 0.1) is 0 Å². The van der Waals surface area contributed by atoms with Crippen LogP contribution in [0.5, 0.6) is 0 Å². The van der Waals surface area contributed by atoms with Gasteiger partial charge in [0.25, 0.3) is 0 Å². The molecule has 0 aliphatic rings. The molecule has 0 heterocycles. The maximum Gasteiger partial charge on any atom is 0.306 e. The standard InChI is InChI=1S/C64H121NO5/c1-4-7-10-13-16-19-22-25-28-30-31-33-36-39-42-45-48-51-54-57-64(69)70-60(55-52-49-46-43-40-37-35-32-29-26-23-20-17-14-11-8-5-2)58-63(68)65-61(59-66)62(67)56-53-50-47-44-41-38-34-27-24-21-18-15-12-9-6-3/h17,20,25-26,28-29,60-62,66-67H,4-16,18-19,21-24,27,30-59H2,1-3H3,(H,65,68)/b20-17-,28-25+,29-26-. The molecule has 0 bridgehead atoms. The van der Waals surface area contributed by atoms with Crippen LogP contribution in [-0.2, 0) is 14.3 Å². The van der Waals surface area contributed by atoms with E-state index >= 15 is 0 Å². The number of amides is 1. The van der Waals surface area contributed by atoms with Gasteiger partial charge in [-0.15, -0.1) is 0 Å². The smallest absolute Gasteiger partial charge is 0.306 e. The summed E-state index contributed by atoms with van der Waals surface area (Å²) >= 11 is 0. The van der Waals surface area contributed by atoms with E-state index in [1.165, 1.54) is 225 Å². The number of carbonyl (C=O) groups is 2. The second-order valence-electron chi connectivity index (χ2n) is 21.5. The van der Waals surface area contributed by atoms with E-state index in [0.29, 0.717) is 19.3 Å². The van der Waals surface area contributed by atoms with Crippen LogP contribution in [0.4, 0.5) is 0 Å². The molecule has 6 heteroatoms. The summed E-state index contributed by atoms with van der Waals surface area (Å²) in [5.41, 5.74) is 0. The van der Waals surface area contributed by atoms with Crippen molar-refractivity contribution in [1.29, 1.82) is 0 Å². The molecule has 0 rings (SSSR count). The third-order valence-electron chi connectivity index (χ3n) is 14.4. The SMILES string of the molecule is CCCCC/C=C\C/C=C\CCCCCCCCCC(CC(=O)NC(CO)C(O)CCCCCCCCCCCCCCCCC)OC(=O)CCCCCCCCCCC/C=C/CCCCCCCC. The zero-order valence-electron chi connectivity index (χ0n) is 47.2. The Morgan fingerprint density at radius 2 is 0.729 bits per heavy atom. The first kappa shape index (κ1) is 68.1. The number of hydrogen-bond acceptors (Lipinski definition) is 5. The van der Waals surface area contributed by atoms with Gasteiger partial charge >= 0.3 is 5.97 Å². The van der Waals surface area contributed by atoms with Crippen LogP contribution in [0.15, 0.2) is 36.5 Å². The first-order valence-electron chi connectivity index (χ1n) is 31.2. The number of aliphatic hydroxyl groups excluding tert-OH is 2. The van der Waals surface area contributed by atoms with Crippen molar-refractivity contribution in [2.45, 2.75) is 354 Å². The lowest BCUT2D eigenvalue weighted by Gasteiger charge is -2.24. The lowest BCUT2D eigenvalue weighted by atomic mass is 10.0. The maximum absolute atomic E-state index is 13.3. The zero-order valence-corrected chi connectivity index (χ0v) is 47.2. The van der Waals surface area contributed by atoms with Gasteiger partial charge in [0.15, 0.2) is 0 Å². The highest BCUT2D eigenvalue weighted by Crippen LogP contribution is 2.19. The van der Waals surface area contributed by atoms with Crippen molar-refractivity contribution in [2.24, 2.45) is 0 Å². The molecule has 3 unspecified atom stereocenters. The van der Waals surface area contributed by atoms with Crippen LogP contribution in [-0.4, -0.2) is 46.9 Å². The third kappa shape index (κ3) is 52.4. The van der Waals surface area contributed by atoms with Gasteiger partial charge in [-0.2, -0.15) is 0 Å². The number of hydrogen-bond donors (Lipinski definition) is 3. The van der Waals surface area contributed by atoms with Crippen LogP contribution in [0.25, 0.3) is 0 Å². The van der Waals surface area contributed by atoms with Gasteiger partial charge in [-0.05, 0) is 83.5 Å². The number of allylic oxidation sites excluding steroid dienone is 6. The lowest BCUT2D eigenvalue weighted by Crippen LogP contribution is -2.46. The van der Waals surface area contributed by atoms with E-state index < -0.39 is 18.2 Å². The minimum Gasteiger partial charge on any atom is -0.462 e. The minimum absolute atomic E-state index is 0.0750. The van der Waals surface area contributed by atoms with Gasteiger partial charge in [0.2, 0.25) is 5.91 Å². The number of unbranched alkanes of at least 4 members (excludes halogenated alkanes) is 39. The van der Waals surface area contributed by atoms with Crippen molar-refractivity contribution < 1.29 is 24.5 Å². The number of esters is 1. The molecule has 0 aliphatic carbocycles. The first-order valence-corrected chi connectivity index (χ1v) is 31.2. The van der Waals surface area contributed by atoms with Gasteiger partial charge in [-0.25, -0.2) is 0 Å². The second kappa shape index (κ2) is 58.0. The van der Waals surface area contributed by atoms with Crippen LogP contribution in [0.3, 0.4) is 0 Å². The van der Waals surface area contributed by atoms with Gasteiger partial charge in [0.1, 0.15) is 6.10 Å². The summed E-state index contributed by atoms with van der Waals surface area (Å²) in [6, 6.07) is -0.704. The van der Waals surface area contributed by atoms with Gasteiger partial charge < -0.3 is 20.3 Å². The van der Waals surface area contributed by atoms with Crippen molar-refractivity contribution in [3.8, 4) is 0 Å². The fraction of sp³-hybridized carbons (Fsp3) is 0.875. The van der Waals surface area contributed by atoms with E-state index in [1.54, 1.807) is 0 Å². The summed E-state index contributed by atoms with van der Waals surface area (Å²) in [4.78, 5) is 26.4. The molecular weight excluding hydrogens is 863 g/mol. The van der Waals surface area contributed by atoms with E-state index in [-0.39, 0.29) is 24.9 Å². The Kier molecular flexibility index (Phi) is 56.4. The second-order valence-corrected chi connectivity index (χ2v) is 21.5. The Labute approximate surface area is 436 Å². The summed E-state index contributed by atoms with van der Waals surface area (Å²) in [5.74, 6) is -0.466. The average Bonchev–Trinajstić information content (AvgIpc) is 3.35. The van der Waals surface area contributed by atoms with Crippen LogP contribution in [0.1, 0.15) is 335 Å². The summed E-state index contributed by atoms with van der Waals surface area (Å²) in [7, 11) is 0. The van der Waals surface area contributed by atoms with Gasteiger partial charge in [-0.1, -0.05) is 276 Å². The summed E-state index contributed by atoms with van der Waals surface area (Å²) in [6.07, 6.45) is 70.7. The Balaban J connectivity index is 4.53. The van der Waals surface area contributed by atoms with Crippen LogP contribution in [0.2, 0.25) is 0 Å². The summed E-state index contributed by atoms with van der Waals surface area (Å²) < 4.78 is 5.98. The van der Waals surface area contributed by atoms with Crippen LogP contribution >= 0.6 is 0 Å². The van der Waals surface area contributed by atoms with Crippen molar-refractivity contribution in [1.82, 2.24) is 5.32 Å². The molecule has 0 aromatic carbocycles. The fourth-order valence-corrected chi connectivity index (χ4v) is 9.69. The molecule has 6 nitrogen and oxygen atoms in total. The molecule has 0 radical (unpaired) electrons. The normalized spacial score (nSPS) is 13.3. The van der Waals surface area contributed by atoms with Crippen molar-refractivity contribution in [3.63, 3.8) is 0 Å². The van der Waals surface area contributed by atoms with E-state index in [0.717, 1.165) is 64.2 Å². The molecule has 3 atom stereocenters. The highest BCUT2D eigenvalue weighted by Gasteiger charge is 2.24. The Morgan fingerprint density at radius 1 is 0.414 bits per heavy atom. The topological polar surface area (TPSA) is 95.9 Å². The minimum atomic E-state index is -0.790. The molecule has 3 N–H and O–H groups in total. The monoisotopic (exact) mass is 984 g/mol. The summed E-state index contributed by atoms with van der Waals surface area (Å²) in [5, 5.41) is 24.0. The Morgan fingerprint density at radius 3 is 1.13 bits per heavy atom. The third-order valence-corrected chi connectivity index (χ3v) is 14.4. The number of aliphatic hydroxyl groups is 2. The molecule has 0 fully saturated rings. The van der Waals surface area contributed by atoms with Crippen molar-refractivity contribution >= 4 is 11.9 Å². The van der Waals surface area contributed by atoms with E-state index in [4.69, 9.17) is 4.74 Å². The average molecular weight is 985 g/mol. The van der Waals surface area contributed by atoms with E-state index in [1.807, 2.05) is 0 Å². The van der Waals surface area contributed by atoms with Gasteiger partial charge in [-0.3, -0.25) is 9.59 Å². The number of nitrogens with one attached hydrogen (secondary N) is 1. The molecule has 70 heavy (non-hydrogen) atoms. The molecule has 0 saturated heterocycles. The molecule has 0 spiro atoms. The molecular formula is C64H121NO5. The Hall–Kier alpha value is -1.92. The first-order chi connectivity index (χ1) is 34.5. The molecule has 0 saturated carbocycles. The predicted octanol–water partition coefficient (Wildman–Crippen LogP) is 19.6. The van der Waals surface area contributed by atoms with Crippen molar-refractivity contribution in [3.05, 3.63) is 36.5 Å². The largest absolute Gasteiger partial charge is 0.462 e. The maximum atomic E-state index is 13.3. The highest BCUT2D eigenvalue weighted by atomic mass is 16.5. The molecule has 0 aromatic rings. The van der Waals surface area contributed by atoms with Crippen LogP contribution < -0.4 is 5.32 Å². The van der Waals surface area contributed by atoms with E-state index in [2.05, 4.69) is 62.5 Å². The molecule has 1 amide bonds. The Bertz CT molecular complexity index is 1150. The predicted molar refractivity (Wildman–Crippen MR) is 306 cm³/mol. The molecule has 0 aliphatic heterocycles. The molecule has 0 aromatic heterocycles. The highest BCUT2D eigenvalue weighted by molar-refractivity contribution is 5.77. The number of ether oxygens (including phenoxy) is 1. The zero-order chi connectivity index (χ0) is 50.9. The number of carbonyl (C=O) groups excluding carboxylic acids is 2.